The van der Waals surface area contributed by atoms with Gasteiger partial charge in [0.1, 0.15) is 0 Å². The van der Waals surface area contributed by atoms with Crippen molar-refractivity contribution in [2.24, 2.45) is 4.99 Å². The molecule has 0 fully saturated rings. The first kappa shape index (κ1) is 13.2. The highest BCUT2D eigenvalue weighted by molar-refractivity contribution is 6.31. The second-order valence-electron chi connectivity index (χ2n) is 5.03. The third-order valence-electron chi connectivity index (χ3n) is 3.67. The van der Waals surface area contributed by atoms with Crippen molar-refractivity contribution in [3.8, 4) is 5.69 Å². The summed E-state index contributed by atoms with van der Waals surface area (Å²) >= 11 is 6.18. The molecule has 1 aromatic heterocycles. The molecule has 0 spiro atoms. The van der Waals surface area contributed by atoms with Gasteiger partial charge in [0.25, 0.3) is 0 Å². The van der Waals surface area contributed by atoms with Gasteiger partial charge in [-0.3, -0.25) is 4.57 Å². The fourth-order valence-electron chi connectivity index (χ4n) is 2.69. The molecule has 2 heterocycles. The molecule has 108 valence electrons. The molecular formula is C17H12ClN3O. The predicted octanol–water partition coefficient (Wildman–Crippen LogP) is 3.37. The fraction of sp³-hybridized carbons (Fsp3) is 0.0588. The van der Waals surface area contributed by atoms with Gasteiger partial charge in [0.2, 0.25) is 6.23 Å². The molecule has 2 aromatic carbocycles. The highest BCUT2D eigenvalue weighted by Crippen LogP contribution is 2.30. The average Bonchev–Trinajstić information content (AvgIpc) is 2.99. The van der Waals surface area contributed by atoms with Crippen LogP contribution >= 0.6 is 11.6 Å². The minimum Gasteiger partial charge on any atom is -0.365 e. The Bertz CT molecular complexity index is 871. The normalized spacial score (nSPS) is 16.5. The molecular weight excluding hydrogens is 298 g/mol. The van der Waals surface area contributed by atoms with E-state index in [4.69, 9.17) is 11.6 Å². The zero-order valence-electron chi connectivity index (χ0n) is 11.5. The number of halogens is 1. The van der Waals surface area contributed by atoms with Crippen molar-refractivity contribution in [3.63, 3.8) is 0 Å². The zero-order chi connectivity index (χ0) is 15.1. The Morgan fingerprint density at radius 2 is 1.91 bits per heavy atom. The van der Waals surface area contributed by atoms with E-state index in [1.165, 1.54) is 0 Å². The van der Waals surface area contributed by atoms with Gasteiger partial charge < -0.3 is 5.11 Å². The van der Waals surface area contributed by atoms with Gasteiger partial charge in [0.05, 0.1) is 11.4 Å². The smallest absolute Gasteiger partial charge is 0.205 e. The number of nitrogens with zero attached hydrogens (tertiary/aromatic N) is 3. The van der Waals surface area contributed by atoms with Gasteiger partial charge in [-0.1, -0.05) is 41.9 Å². The first-order chi connectivity index (χ1) is 10.7. The number of aliphatic imine (C=N–C) groups is 1. The SMILES string of the molecule is OC1N=C(c2ccccc2)c2cc(Cl)ccc2-n2ccnc21. The minimum absolute atomic E-state index is 0.495. The summed E-state index contributed by atoms with van der Waals surface area (Å²) < 4.78 is 1.84. The van der Waals surface area contributed by atoms with Gasteiger partial charge in [-0.15, -0.1) is 0 Å². The van der Waals surface area contributed by atoms with E-state index < -0.39 is 6.23 Å². The summed E-state index contributed by atoms with van der Waals surface area (Å²) in [6.45, 7) is 0. The van der Waals surface area contributed by atoms with Crippen LogP contribution in [-0.4, -0.2) is 20.4 Å². The maximum Gasteiger partial charge on any atom is 0.205 e. The summed E-state index contributed by atoms with van der Waals surface area (Å²) in [7, 11) is 0. The number of imidazole rings is 1. The highest BCUT2D eigenvalue weighted by atomic mass is 35.5. The Kier molecular flexibility index (Phi) is 3.06. The number of benzene rings is 2. The third-order valence-corrected chi connectivity index (χ3v) is 3.91. The quantitative estimate of drug-likeness (QED) is 0.749. The van der Waals surface area contributed by atoms with Gasteiger partial charge in [0.15, 0.2) is 5.82 Å². The lowest BCUT2D eigenvalue weighted by Crippen LogP contribution is -2.06. The monoisotopic (exact) mass is 309 g/mol. The van der Waals surface area contributed by atoms with Gasteiger partial charge in [-0.25, -0.2) is 9.98 Å². The number of fused-ring (bicyclic) bond motifs is 3. The molecule has 1 aliphatic heterocycles. The van der Waals surface area contributed by atoms with Crippen LogP contribution in [0.3, 0.4) is 0 Å². The van der Waals surface area contributed by atoms with E-state index in [1.807, 2.05) is 59.3 Å². The minimum atomic E-state index is -1.02. The summed E-state index contributed by atoms with van der Waals surface area (Å²) in [4.78, 5) is 8.69. The second kappa shape index (κ2) is 5.09. The van der Waals surface area contributed by atoms with E-state index in [-0.39, 0.29) is 0 Å². The lowest BCUT2D eigenvalue weighted by molar-refractivity contribution is 0.177. The molecule has 5 heteroatoms. The molecule has 0 bridgehead atoms. The number of hydrogen-bond donors (Lipinski definition) is 1. The van der Waals surface area contributed by atoms with E-state index in [9.17, 15) is 5.11 Å². The van der Waals surface area contributed by atoms with Gasteiger partial charge in [-0.05, 0) is 18.2 Å². The van der Waals surface area contributed by atoms with Crippen LogP contribution in [-0.2, 0) is 0 Å². The molecule has 0 radical (unpaired) electrons. The fourth-order valence-corrected chi connectivity index (χ4v) is 2.87. The van der Waals surface area contributed by atoms with Crippen molar-refractivity contribution in [2.75, 3.05) is 0 Å². The van der Waals surface area contributed by atoms with Crippen molar-refractivity contribution >= 4 is 17.3 Å². The zero-order valence-corrected chi connectivity index (χ0v) is 12.3. The third kappa shape index (κ3) is 2.04. The molecule has 0 aliphatic carbocycles. The van der Waals surface area contributed by atoms with Crippen LogP contribution in [0.2, 0.25) is 5.02 Å². The summed E-state index contributed by atoms with van der Waals surface area (Å²) in [5.74, 6) is 0.495. The van der Waals surface area contributed by atoms with Crippen molar-refractivity contribution in [1.29, 1.82) is 0 Å². The lowest BCUT2D eigenvalue weighted by Gasteiger charge is -2.11. The molecule has 22 heavy (non-hydrogen) atoms. The Morgan fingerprint density at radius 1 is 1.09 bits per heavy atom. The molecule has 3 aromatic rings. The van der Waals surface area contributed by atoms with E-state index in [2.05, 4.69) is 9.98 Å². The Labute approximate surface area is 132 Å². The Morgan fingerprint density at radius 3 is 2.73 bits per heavy atom. The van der Waals surface area contributed by atoms with Crippen LogP contribution in [0.5, 0.6) is 0 Å². The van der Waals surface area contributed by atoms with Crippen LogP contribution in [0.25, 0.3) is 5.69 Å². The molecule has 1 unspecified atom stereocenters. The van der Waals surface area contributed by atoms with Crippen LogP contribution in [0.1, 0.15) is 23.2 Å². The van der Waals surface area contributed by atoms with E-state index in [0.717, 1.165) is 16.8 Å². The summed E-state index contributed by atoms with van der Waals surface area (Å²) in [5, 5.41) is 11.0. The van der Waals surface area contributed by atoms with Crippen LogP contribution in [0.15, 0.2) is 65.9 Å². The topological polar surface area (TPSA) is 50.4 Å². The summed E-state index contributed by atoms with van der Waals surface area (Å²) in [5.41, 5.74) is 3.40. The maximum atomic E-state index is 10.4. The van der Waals surface area contributed by atoms with E-state index >= 15 is 0 Å². The predicted molar refractivity (Wildman–Crippen MR) is 85.6 cm³/mol. The van der Waals surface area contributed by atoms with Gasteiger partial charge >= 0.3 is 0 Å². The van der Waals surface area contributed by atoms with Crippen molar-refractivity contribution < 1.29 is 5.11 Å². The first-order valence-electron chi connectivity index (χ1n) is 6.89. The van der Waals surface area contributed by atoms with Crippen LogP contribution in [0.4, 0.5) is 0 Å². The molecule has 1 atom stereocenters. The average molecular weight is 310 g/mol. The molecule has 1 N–H and O–H groups in total. The van der Waals surface area contributed by atoms with Crippen LogP contribution in [0, 0.1) is 0 Å². The Balaban J connectivity index is 2.03. The lowest BCUT2D eigenvalue weighted by atomic mass is 10.0. The number of aliphatic hydroxyl groups excluding tert-OH is 1. The molecule has 4 nitrogen and oxygen atoms in total. The number of aromatic nitrogens is 2. The standard InChI is InChI=1S/C17H12ClN3O/c18-12-6-7-14-13(10-12)15(11-4-2-1-3-5-11)20-17(22)16-19-8-9-21(14)16/h1-10,17,22H. The number of hydrogen-bond acceptors (Lipinski definition) is 3. The van der Waals surface area contributed by atoms with E-state index in [1.54, 1.807) is 6.20 Å². The molecule has 0 amide bonds. The second-order valence-corrected chi connectivity index (χ2v) is 5.47. The molecule has 4 rings (SSSR count). The first-order valence-corrected chi connectivity index (χ1v) is 7.26. The maximum absolute atomic E-state index is 10.4. The van der Waals surface area contributed by atoms with Gasteiger partial charge in [0, 0.05) is 28.5 Å². The van der Waals surface area contributed by atoms with Crippen molar-refractivity contribution in [1.82, 2.24) is 9.55 Å². The summed E-state index contributed by atoms with van der Waals surface area (Å²) in [6, 6.07) is 15.4. The highest BCUT2D eigenvalue weighted by Gasteiger charge is 2.24. The number of rotatable bonds is 1. The van der Waals surface area contributed by atoms with Crippen LogP contribution < -0.4 is 0 Å². The molecule has 0 saturated carbocycles. The van der Waals surface area contributed by atoms with Crippen molar-refractivity contribution in [3.05, 3.63) is 82.9 Å². The molecule has 0 saturated heterocycles. The Hall–Kier alpha value is -2.43. The molecule has 1 aliphatic rings. The van der Waals surface area contributed by atoms with E-state index in [0.29, 0.717) is 16.6 Å². The van der Waals surface area contributed by atoms with Crippen molar-refractivity contribution in [2.45, 2.75) is 6.23 Å². The largest absolute Gasteiger partial charge is 0.365 e. The number of aliphatic hydroxyl groups is 1. The van der Waals surface area contributed by atoms with Gasteiger partial charge in [-0.2, -0.15) is 0 Å². The summed E-state index contributed by atoms with van der Waals surface area (Å²) in [6.07, 6.45) is 2.45.